The highest BCUT2D eigenvalue weighted by atomic mass is 16.2. The van der Waals surface area contributed by atoms with E-state index in [1.54, 1.807) is 0 Å². The molecule has 4 nitrogen and oxygen atoms in total. The van der Waals surface area contributed by atoms with Gasteiger partial charge in [-0.05, 0) is 44.0 Å². The molecule has 142 valence electrons. The first-order valence-electron chi connectivity index (χ1n) is 9.79. The Morgan fingerprint density at radius 2 is 1.63 bits per heavy atom. The maximum Gasteiger partial charge on any atom is 0.220 e. The fourth-order valence-electron chi connectivity index (χ4n) is 3.73. The van der Waals surface area contributed by atoms with Crippen LogP contribution in [-0.4, -0.2) is 36.2 Å². The van der Waals surface area contributed by atoms with Crippen molar-refractivity contribution in [2.45, 2.75) is 38.6 Å². The Kier molecular flexibility index (Phi) is 6.77. The molecule has 2 aromatic rings. The zero-order chi connectivity index (χ0) is 19.1. The maximum atomic E-state index is 12.4. The summed E-state index contributed by atoms with van der Waals surface area (Å²) in [5.74, 6) is -0.0283. The number of likely N-dealkylation sites (tertiary alicyclic amines) is 1. The third kappa shape index (κ3) is 5.27. The van der Waals surface area contributed by atoms with Crippen LogP contribution in [-0.2, 0) is 4.79 Å². The van der Waals surface area contributed by atoms with Crippen LogP contribution < -0.4 is 5.32 Å². The van der Waals surface area contributed by atoms with Crippen molar-refractivity contribution in [1.29, 1.82) is 0 Å². The lowest BCUT2D eigenvalue weighted by Gasteiger charge is -2.28. The largest absolute Gasteiger partial charge is 0.354 e. The Morgan fingerprint density at radius 1 is 0.963 bits per heavy atom. The number of hydrogen-bond acceptors (Lipinski definition) is 3. The number of rotatable bonds is 8. The van der Waals surface area contributed by atoms with Crippen LogP contribution >= 0.6 is 0 Å². The first kappa shape index (κ1) is 19.3. The summed E-state index contributed by atoms with van der Waals surface area (Å²) in [7, 11) is 0. The van der Waals surface area contributed by atoms with Gasteiger partial charge in [0.2, 0.25) is 5.91 Å². The molecule has 4 heteroatoms. The van der Waals surface area contributed by atoms with E-state index in [1.165, 1.54) is 18.4 Å². The average Bonchev–Trinajstić information content (AvgIpc) is 3.22. The van der Waals surface area contributed by atoms with Gasteiger partial charge in [-0.1, -0.05) is 54.6 Å². The standard InChI is InChI=1S/C23H28N2O2/c1-18-9-5-6-12-20(18)22(26)13-14-23(27)24-17-21(25-15-7-8-16-25)19-10-3-2-4-11-19/h2-6,9-12,21H,7-8,13-17H2,1H3,(H,24,27). The number of hydrogen-bond donors (Lipinski definition) is 1. The molecule has 27 heavy (non-hydrogen) atoms. The van der Waals surface area contributed by atoms with Gasteiger partial charge in [0, 0.05) is 24.9 Å². The van der Waals surface area contributed by atoms with Crippen molar-refractivity contribution in [3.05, 3.63) is 71.3 Å². The number of carbonyl (C=O) groups is 2. The minimum atomic E-state index is -0.0583. The third-order valence-corrected chi connectivity index (χ3v) is 5.28. The van der Waals surface area contributed by atoms with Crippen molar-refractivity contribution >= 4 is 11.7 Å². The van der Waals surface area contributed by atoms with Gasteiger partial charge in [0.1, 0.15) is 0 Å². The summed E-state index contributed by atoms with van der Waals surface area (Å²) in [5.41, 5.74) is 2.90. The summed E-state index contributed by atoms with van der Waals surface area (Å²) < 4.78 is 0. The quantitative estimate of drug-likeness (QED) is 0.723. The van der Waals surface area contributed by atoms with Crippen LogP contribution in [0.15, 0.2) is 54.6 Å². The van der Waals surface area contributed by atoms with E-state index in [-0.39, 0.29) is 30.6 Å². The van der Waals surface area contributed by atoms with E-state index in [1.807, 2.05) is 49.4 Å². The van der Waals surface area contributed by atoms with Crippen LogP contribution in [0, 0.1) is 6.92 Å². The Hall–Kier alpha value is -2.46. The van der Waals surface area contributed by atoms with Crippen LogP contribution in [0.4, 0.5) is 0 Å². The monoisotopic (exact) mass is 364 g/mol. The van der Waals surface area contributed by atoms with E-state index in [0.29, 0.717) is 12.1 Å². The molecule has 1 amide bonds. The number of Topliss-reactive ketones (excluding diaryl/α,β-unsaturated/α-hetero) is 1. The van der Waals surface area contributed by atoms with E-state index in [0.717, 1.165) is 18.7 Å². The number of ketones is 1. The van der Waals surface area contributed by atoms with Gasteiger partial charge < -0.3 is 5.32 Å². The Labute approximate surface area is 161 Å². The van der Waals surface area contributed by atoms with Gasteiger partial charge in [-0.3, -0.25) is 14.5 Å². The Morgan fingerprint density at radius 3 is 2.33 bits per heavy atom. The molecule has 0 spiro atoms. The van der Waals surface area contributed by atoms with E-state index in [9.17, 15) is 9.59 Å². The molecule has 3 rings (SSSR count). The van der Waals surface area contributed by atoms with E-state index in [2.05, 4.69) is 22.3 Å². The van der Waals surface area contributed by atoms with Crippen molar-refractivity contribution in [2.24, 2.45) is 0 Å². The van der Waals surface area contributed by atoms with E-state index in [4.69, 9.17) is 0 Å². The summed E-state index contributed by atoms with van der Waals surface area (Å²) in [6, 6.07) is 18.1. The average molecular weight is 364 g/mol. The summed E-state index contributed by atoms with van der Waals surface area (Å²) >= 11 is 0. The fraction of sp³-hybridized carbons (Fsp3) is 0.391. The van der Waals surface area contributed by atoms with E-state index < -0.39 is 0 Å². The molecular formula is C23H28N2O2. The number of nitrogens with zero attached hydrogens (tertiary/aromatic N) is 1. The minimum absolute atomic E-state index is 0.0300. The molecule has 0 radical (unpaired) electrons. The lowest BCUT2D eigenvalue weighted by molar-refractivity contribution is -0.121. The number of benzene rings is 2. The number of nitrogens with one attached hydrogen (secondary N) is 1. The fourth-order valence-corrected chi connectivity index (χ4v) is 3.73. The summed E-state index contributed by atoms with van der Waals surface area (Å²) in [4.78, 5) is 27.1. The smallest absolute Gasteiger partial charge is 0.220 e. The molecule has 1 atom stereocenters. The zero-order valence-electron chi connectivity index (χ0n) is 16.0. The SMILES string of the molecule is Cc1ccccc1C(=O)CCC(=O)NCC(c1ccccc1)N1CCCC1. The van der Waals surface area contributed by atoms with Gasteiger partial charge in [0.05, 0.1) is 6.04 Å². The first-order chi connectivity index (χ1) is 13.1. The summed E-state index contributed by atoms with van der Waals surface area (Å²) in [5, 5.41) is 3.05. The number of carbonyl (C=O) groups excluding carboxylic acids is 2. The molecule has 1 unspecified atom stereocenters. The predicted octanol–water partition coefficient (Wildman–Crippen LogP) is 3.91. The topological polar surface area (TPSA) is 49.4 Å². The maximum absolute atomic E-state index is 12.4. The lowest BCUT2D eigenvalue weighted by Crippen LogP contribution is -2.36. The molecule has 1 fully saturated rings. The highest BCUT2D eigenvalue weighted by Crippen LogP contribution is 2.24. The van der Waals surface area contributed by atoms with Gasteiger partial charge in [-0.2, -0.15) is 0 Å². The second kappa shape index (κ2) is 9.47. The Balaban J connectivity index is 1.53. The second-order valence-corrected chi connectivity index (χ2v) is 7.21. The molecule has 2 aromatic carbocycles. The zero-order valence-corrected chi connectivity index (χ0v) is 16.0. The molecule has 1 aliphatic rings. The molecular weight excluding hydrogens is 336 g/mol. The second-order valence-electron chi connectivity index (χ2n) is 7.21. The molecule has 1 saturated heterocycles. The van der Waals surface area contributed by atoms with Gasteiger partial charge in [0.25, 0.3) is 0 Å². The molecule has 0 aromatic heterocycles. The Bertz CT molecular complexity index is 767. The lowest BCUT2D eigenvalue weighted by atomic mass is 10.0. The normalized spacial score (nSPS) is 15.4. The molecule has 1 heterocycles. The predicted molar refractivity (Wildman–Crippen MR) is 108 cm³/mol. The van der Waals surface area contributed by atoms with Crippen molar-refractivity contribution < 1.29 is 9.59 Å². The van der Waals surface area contributed by atoms with Crippen LogP contribution in [0.1, 0.15) is 53.2 Å². The first-order valence-corrected chi connectivity index (χ1v) is 9.79. The molecule has 0 aliphatic carbocycles. The molecule has 0 bridgehead atoms. The van der Waals surface area contributed by atoms with Crippen LogP contribution in [0.5, 0.6) is 0 Å². The van der Waals surface area contributed by atoms with Crippen LogP contribution in [0.25, 0.3) is 0 Å². The minimum Gasteiger partial charge on any atom is -0.354 e. The van der Waals surface area contributed by atoms with Crippen molar-refractivity contribution in [3.8, 4) is 0 Å². The van der Waals surface area contributed by atoms with Crippen molar-refractivity contribution in [2.75, 3.05) is 19.6 Å². The van der Waals surface area contributed by atoms with Gasteiger partial charge in [-0.15, -0.1) is 0 Å². The third-order valence-electron chi connectivity index (χ3n) is 5.28. The highest BCUT2D eigenvalue weighted by Gasteiger charge is 2.23. The number of aryl methyl sites for hydroxylation is 1. The molecule has 0 saturated carbocycles. The summed E-state index contributed by atoms with van der Waals surface area (Å²) in [6.45, 7) is 4.65. The van der Waals surface area contributed by atoms with E-state index >= 15 is 0 Å². The van der Waals surface area contributed by atoms with Gasteiger partial charge >= 0.3 is 0 Å². The molecule has 1 N–H and O–H groups in total. The highest BCUT2D eigenvalue weighted by molar-refractivity contribution is 5.99. The van der Waals surface area contributed by atoms with Gasteiger partial charge in [-0.25, -0.2) is 0 Å². The summed E-state index contributed by atoms with van der Waals surface area (Å²) in [6.07, 6.45) is 2.90. The van der Waals surface area contributed by atoms with Gasteiger partial charge in [0.15, 0.2) is 5.78 Å². The van der Waals surface area contributed by atoms with Crippen molar-refractivity contribution in [1.82, 2.24) is 10.2 Å². The number of amides is 1. The van der Waals surface area contributed by atoms with Crippen LogP contribution in [0.2, 0.25) is 0 Å². The van der Waals surface area contributed by atoms with Crippen molar-refractivity contribution in [3.63, 3.8) is 0 Å². The molecule has 1 aliphatic heterocycles. The van der Waals surface area contributed by atoms with Crippen LogP contribution in [0.3, 0.4) is 0 Å².